The molecule has 0 bridgehead atoms. The topological polar surface area (TPSA) is 92.6 Å². The Morgan fingerprint density at radius 1 is 1.13 bits per heavy atom. The molecular weight excluding hydrogens is 499 g/mol. The third kappa shape index (κ3) is 5.91. The summed E-state index contributed by atoms with van der Waals surface area (Å²) in [5, 5.41) is 7.74. The second kappa shape index (κ2) is 10.5. The van der Waals surface area contributed by atoms with Gasteiger partial charge in [0.15, 0.2) is 0 Å². The van der Waals surface area contributed by atoms with Crippen LogP contribution in [0.5, 0.6) is 11.5 Å². The Balaban J connectivity index is 1.30. The van der Waals surface area contributed by atoms with Crippen molar-refractivity contribution >= 4 is 34.1 Å². The number of anilines is 2. The molecule has 9 nitrogen and oxygen atoms in total. The van der Waals surface area contributed by atoms with Gasteiger partial charge >= 0.3 is 0 Å². The van der Waals surface area contributed by atoms with Gasteiger partial charge in [-0.3, -0.25) is 24.2 Å². The number of carbonyl (C=O) groups excluding carboxylic acids is 2. The van der Waals surface area contributed by atoms with Gasteiger partial charge in [0.05, 0.1) is 35.9 Å². The minimum absolute atomic E-state index is 0.0270. The van der Waals surface area contributed by atoms with Crippen molar-refractivity contribution in [3.63, 3.8) is 0 Å². The van der Waals surface area contributed by atoms with Gasteiger partial charge in [0, 0.05) is 42.6 Å². The molecule has 1 N–H and O–H groups in total. The minimum Gasteiger partial charge on any atom is -0.456 e. The molecule has 0 radical (unpaired) electrons. The van der Waals surface area contributed by atoms with Crippen molar-refractivity contribution in [1.82, 2.24) is 19.7 Å². The number of pyridine rings is 1. The summed E-state index contributed by atoms with van der Waals surface area (Å²) in [5.41, 5.74) is 2.05. The standard InChI is InChI=1S/C29H31FN6O3/c1-29(2,3)36-17-20(16-32-36)33-27(37)13-19-5-7-22(15-24(19)30)39-26-9-10-31-25-8-6-21(14-23(25)26)35-12-11-34(4)18-28(35)38/h5-10,14-17H,11-13,18H2,1-4H3,(H,33,37). The van der Waals surface area contributed by atoms with E-state index in [2.05, 4.69) is 15.4 Å². The Kier molecular flexibility index (Phi) is 7.05. The second-order valence-electron chi connectivity index (χ2n) is 10.7. The summed E-state index contributed by atoms with van der Waals surface area (Å²) in [5.74, 6) is -0.0858. The Hall–Kier alpha value is -4.31. The number of ether oxygens (including phenoxy) is 1. The average Bonchev–Trinajstić information content (AvgIpc) is 3.35. The summed E-state index contributed by atoms with van der Waals surface area (Å²) in [7, 11) is 1.92. The van der Waals surface area contributed by atoms with Crippen LogP contribution >= 0.6 is 0 Å². The number of rotatable bonds is 6. The van der Waals surface area contributed by atoms with Gasteiger partial charge in [-0.25, -0.2) is 4.39 Å². The fourth-order valence-corrected chi connectivity index (χ4v) is 4.42. The van der Waals surface area contributed by atoms with E-state index in [1.165, 1.54) is 6.07 Å². The molecule has 0 spiro atoms. The van der Waals surface area contributed by atoms with Crippen LogP contribution in [0.25, 0.3) is 10.9 Å². The lowest BCUT2D eigenvalue weighted by molar-refractivity contribution is -0.120. The summed E-state index contributed by atoms with van der Waals surface area (Å²) < 4.78 is 22.8. The van der Waals surface area contributed by atoms with Crippen molar-refractivity contribution in [3.8, 4) is 11.5 Å². The maximum absolute atomic E-state index is 15.0. The summed E-state index contributed by atoms with van der Waals surface area (Å²) in [6, 6.07) is 11.7. The molecule has 1 saturated heterocycles. The Bertz CT molecular complexity index is 1540. The number of aromatic nitrogens is 3. The number of carbonyl (C=O) groups is 2. The fraction of sp³-hybridized carbons (Fsp3) is 0.310. The van der Waals surface area contributed by atoms with Gasteiger partial charge in [-0.2, -0.15) is 5.10 Å². The number of benzene rings is 2. The predicted octanol–water partition coefficient (Wildman–Crippen LogP) is 4.58. The van der Waals surface area contributed by atoms with Gasteiger partial charge in [0.1, 0.15) is 17.3 Å². The van der Waals surface area contributed by atoms with Crippen LogP contribution in [0.15, 0.2) is 61.1 Å². The van der Waals surface area contributed by atoms with Crippen LogP contribution in [-0.2, 0) is 21.5 Å². The zero-order valence-electron chi connectivity index (χ0n) is 22.4. The lowest BCUT2D eigenvalue weighted by atomic mass is 10.1. The summed E-state index contributed by atoms with van der Waals surface area (Å²) in [6.07, 6.45) is 4.80. The van der Waals surface area contributed by atoms with Crippen molar-refractivity contribution in [1.29, 1.82) is 0 Å². The molecular formula is C29H31FN6O3. The first-order valence-electron chi connectivity index (χ1n) is 12.8. The van der Waals surface area contributed by atoms with Crippen LogP contribution in [-0.4, -0.2) is 58.2 Å². The Morgan fingerprint density at radius 3 is 2.67 bits per heavy atom. The van der Waals surface area contributed by atoms with Crippen LogP contribution in [0.3, 0.4) is 0 Å². The number of hydrogen-bond acceptors (Lipinski definition) is 6. The highest BCUT2D eigenvalue weighted by molar-refractivity contribution is 5.98. The lowest BCUT2D eigenvalue weighted by Crippen LogP contribution is -2.48. The molecule has 0 aliphatic carbocycles. The van der Waals surface area contributed by atoms with E-state index < -0.39 is 5.82 Å². The van der Waals surface area contributed by atoms with Crippen molar-refractivity contribution in [2.75, 3.05) is 36.9 Å². The minimum atomic E-state index is -0.546. The number of hydrogen-bond donors (Lipinski definition) is 1. The van der Waals surface area contributed by atoms with E-state index in [1.54, 1.807) is 46.4 Å². The summed E-state index contributed by atoms with van der Waals surface area (Å²) >= 11 is 0. The van der Waals surface area contributed by atoms with E-state index in [4.69, 9.17) is 4.74 Å². The van der Waals surface area contributed by atoms with E-state index in [0.29, 0.717) is 35.4 Å². The zero-order chi connectivity index (χ0) is 27.7. The van der Waals surface area contributed by atoms with Crippen LogP contribution in [0, 0.1) is 5.82 Å². The summed E-state index contributed by atoms with van der Waals surface area (Å²) in [6.45, 7) is 7.76. The maximum Gasteiger partial charge on any atom is 0.241 e. The number of amides is 2. The van der Waals surface area contributed by atoms with Gasteiger partial charge in [0.2, 0.25) is 11.8 Å². The fourth-order valence-electron chi connectivity index (χ4n) is 4.42. The molecule has 2 amide bonds. The van der Waals surface area contributed by atoms with Gasteiger partial charge in [-0.05, 0) is 63.7 Å². The molecule has 3 heterocycles. The molecule has 10 heteroatoms. The Labute approximate surface area is 226 Å². The monoisotopic (exact) mass is 530 g/mol. The van der Waals surface area contributed by atoms with Gasteiger partial charge in [0.25, 0.3) is 0 Å². The number of nitrogens with one attached hydrogen (secondary N) is 1. The van der Waals surface area contributed by atoms with E-state index in [1.807, 2.05) is 50.9 Å². The first kappa shape index (κ1) is 26.3. The van der Waals surface area contributed by atoms with Crippen LogP contribution in [0.1, 0.15) is 26.3 Å². The lowest BCUT2D eigenvalue weighted by Gasteiger charge is -2.32. The van der Waals surface area contributed by atoms with Crippen molar-refractivity contribution in [2.45, 2.75) is 32.7 Å². The average molecular weight is 531 g/mol. The van der Waals surface area contributed by atoms with Gasteiger partial charge in [-0.15, -0.1) is 0 Å². The second-order valence-corrected chi connectivity index (χ2v) is 10.7. The molecule has 5 rings (SSSR count). The molecule has 2 aromatic carbocycles. The third-order valence-corrected chi connectivity index (χ3v) is 6.57. The molecule has 1 aliphatic heterocycles. The molecule has 39 heavy (non-hydrogen) atoms. The first-order valence-corrected chi connectivity index (χ1v) is 12.8. The number of halogens is 1. The van der Waals surface area contributed by atoms with Crippen LogP contribution in [0.4, 0.5) is 15.8 Å². The highest BCUT2D eigenvalue weighted by atomic mass is 19.1. The van der Waals surface area contributed by atoms with Gasteiger partial charge < -0.3 is 15.0 Å². The van der Waals surface area contributed by atoms with Crippen molar-refractivity contribution in [2.24, 2.45) is 0 Å². The number of likely N-dealkylation sites (N-methyl/N-ethyl adjacent to an activating group) is 1. The quantitative estimate of drug-likeness (QED) is 0.393. The van der Waals surface area contributed by atoms with Crippen molar-refractivity contribution in [3.05, 3.63) is 72.4 Å². The number of fused-ring (bicyclic) bond motifs is 1. The number of piperazine rings is 1. The predicted molar refractivity (Wildman–Crippen MR) is 148 cm³/mol. The van der Waals surface area contributed by atoms with E-state index in [-0.39, 0.29) is 35.1 Å². The molecule has 0 unspecified atom stereocenters. The van der Waals surface area contributed by atoms with E-state index >= 15 is 0 Å². The van der Waals surface area contributed by atoms with Crippen LogP contribution < -0.4 is 15.0 Å². The highest BCUT2D eigenvalue weighted by Crippen LogP contribution is 2.33. The van der Waals surface area contributed by atoms with Crippen LogP contribution in [0.2, 0.25) is 0 Å². The Morgan fingerprint density at radius 2 is 1.95 bits per heavy atom. The largest absolute Gasteiger partial charge is 0.456 e. The van der Waals surface area contributed by atoms with E-state index in [0.717, 1.165) is 12.2 Å². The highest BCUT2D eigenvalue weighted by Gasteiger charge is 2.23. The molecule has 0 saturated carbocycles. The molecule has 0 atom stereocenters. The number of nitrogens with zero attached hydrogens (tertiary/aromatic N) is 5. The normalized spacial score (nSPS) is 14.6. The zero-order valence-corrected chi connectivity index (χ0v) is 22.4. The van der Waals surface area contributed by atoms with E-state index in [9.17, 15) is 14.0 Å². The SMILES string of the molecule is CN1CCN(c2ccc3nccc(Oc4ccc(CC(=O)Nc5cnn(C(C)(C)C)c5)c(F)c4)c3c2)C(=O)C1. The van der Waals surface area contributed by atoms with Crippen molar-refractivity contribution < 1.29 is 18.7 Å². The summed E-state index contributed by atoms with van der Waals surface area (Å²) in [4.78, 5) is 33.2. The maximum atomic E-state index is 15.0. The molecule has 2 aromatic heterocycles. The molecule has 1 fully saturated rings. The van der Waals surface area contributed by atoms with Gasteiger partial charge in [-0.1, -0.05) is 6.07 Å². The molecule has 1 aliphatic rings. The molecule has 4 aromatic rings. The first-order chi connectivity index (χ1) is 18.6. The smallest absolute Gasteiger partial charge is 0.241 e. The third-order valence-electron chi connectivity index (χ3n) is 6.57. The molecule has 202 valence electrons.